The van der Waals surface area contributed by atoms with E-state index >= 15 is 0 Å². The number of nitrogens with zero attached hydrogens (tertiary/aromatic N) is 5. The molecule has 2 heterocycles. The standard InChI is InChI=1S/C27H29FIN5O4S/c1-30-22-5-3-20(4-6-22)15-33-19-31-14-25(33)16-32-18-27(35)34(17-23(32)7-10-39(2,36)37)24-11-21(29)12-26(13-24)38-9-8-28/h3-6,11-14,19,23H,7-10,15-18H2,2H3/t23-/m0/s1/i2-1. The topological polar surface area (TPSA) is 89.1 Å². The second-order valence-electron chi connectivity index (χ2n) is 9.46. The minimum Gasteiger partial charge on any atom is -0.491 e. The van der Waals surface area contributed by atoms with Gasteiger partial charge in [0.25, 0.3) is 0 Å². The van der Waals surface area contributed by atoms with E-state index in [-0.39, 0.29) is 30.9 Å². The average Bonchev–Trinajstić information content (AvgIpc) is 3.32. The third-order valence-electron chi connectivity index (χ3n) is 6.47. The quantitative estimate of drug-likeness (QED) is 0.227. The van der Waals surface area contributed by atoms with Gasteiger partial charge in [0, 0.05) is 53.5 Å². The van der Waals surface area contributed by atoms with Gasteiger partial charge < -0.3 is 14.2 Å². The normalized spacial score (nSPS) is 16.3. The van der Waals surface area contributed by atoms with Crippen LogP contribution in [0, 0.1) is 10.1 Å². The highest BCUT2D eigenvalue weighted by Crippen LogP contribution is 2.29. The van der Waals surface area contributed by atoms with Gasteiger partial charge in [-0.1, -0.05) is 24.3 Å². The Morgan fingerprint density at radius 1 is 1.21 bits per heavy atom. The van der Waals surface area contributed by atoms with Crippen molar-refractivity contribution in [3.63, 3.8) is 0 Å². The highest BCUT2D eigenvalue weighted by atomic mass is 127. The molecule has 0 radical (unpaired) electrons. The number of rotatable bonds is 11. The summed E-state index contributed by atoms with van der Waals surface area (Å²) in [6, 6.07) is 12.5. The van der Waals surface area contributed by atoms with Crippen molar-refractivity contribution in [1.29, 1.82) is 0 Å². The molecule has 4 rings (SSSR count). The molecule has 0 aliphatic carbocycles. The second-order valence-corrected chi connectivity index (χ2v) is 13.0. The lowest BCUT2D eigenvalue weighted by Crippen LogP contribution is -2.56. The third kappa shape index (κ3) is 8.00. The Bertz CT molecular complexity index is 1460. The molecule has 0 unspecified atom stereocenters. The number of ether oxygens (including phenoxy) is 1. The number of alkyl halides is 1. The number of amides is 1. The molecule has 12 heteroatoms. The molecule has 1 amide bonds. The molecule has 1 aliphatic heterocycles. The van der Waals surface area contributed by atoms with Crippen LogP contribution in [0.5, 0.6) is 5.75 Å². The minimum atomic E-state index is -3.21. The van der Waals surface area contributed by atoms with Crippen LogP contribution in [-0.2, 0) is 27.7 Å². The van der Waals surface area contributed by atoms with Crippen molar-refractivity contribution in [3.8, 4) is 5.75 Å². The molecule has 1 saturated heterocycles. The maximum Gasteiger partial charge on any atom is 0.241 e. The molecular weight excluding hydrogens is 635 g/mol. The zero-order valence-electron chi connectivity index (χ0n) is 21.5. The van der Waals surface area contributed by atoms with Crippen LogP contribution in [0.4, 0.5) is 15.8 Å². The first-order valence-corrected chi connectivity index (χ1v) is 15.5. The van der Waals surface area contributed by atoms with E-state index in [1.54, 1.807) is 41.7 Å². The third-order valence-corrected chi connectivity index (χ3v) is 8.07. The van der Waals surface area contributed by atoms with Crippen LogP contribution in [0.15, 0.2) is 55.0 Å². The average molecular weight is 665 g/mol. The largest absolute Gasteiger partial charge is 0.491 e. The van der Waals surface area contributed by atoms with E-state index in [0.717, 1.165) is 14.8 Å². The predicted molar refractivity (Wildman–Crippen MR) is 156 cm³/mol. The first-order chi connectivity index (χ1) is 18.6. The summed E-state index contributed by atoms with van der Waals surface area (Å²) in [5.74, 6) is 0.357. The van der Waals surface area contributed by atoms with Crippen LogP contribution >= 0.6 is 22.6 Å². The van der Waals surface area contributed by atoms with Crippen molar-refractivity contribution in [1.82, 2.24) is 14.5 Å². The van der Waals surface area contributed by atoms with E-state index in [9.17, 15) is 17.6 Å². The number of hydrogen-bond acceptors (Lipinski definition) is 6. The van der Waals surface area contributed by atoms with Crippen molar-refractivity contribution in [3.05, 3.63) is 81.2 Å². The molecule has 2 aromatic carbocycles. The summed E-state index contributed by atoms with van der Waals surface area (Å²) in [6.45, 7) is 7.83. The first kappa shape index (κ1) is 29.0. The maximum atomic E-state index is 13.4. The van der Waals surface area contributed by atoms with Gasteiger partial charge in [-0.2, -0.15) is 0 Å². The lowest BCUT2D eigenvalue weighted by Gasteiger charge is -2.41. The molecule has 9 nitrogen and oxygen atoms in total. The molecule has 0 N–H and O–H groups in total. The van der Waals surface area contributed by atoms with Crippen LogP contribution in [0.3, 0.4) is 0 Å². The molecule has 1 aromatic heterocycles. The zero-order valence-corrected chi connectivity index (χ0v) is 24.4. The molecule has 1 atom stereocenters. The highest BCUT2D eigenvalue weighted by molar-refractivity contribution is 14.1. The van der Waals surface area contributed by atoms with Gasteiger partial charge in [0.05, 0.1) is 30.9 Å². The molecule has 3 aromatic rings. The van der Waals surface area contributed by atoms with Crippen LogP contribution in [0.25, 0.3) is 4.85 Å². The molecule has 39 heavy (non-hydrogen) atoms. The lowest BCUT2D eigenvalue weighted by atomic mass is 10.1. The predicted octanol–water partition coefficient (Wildman–Crippen LogP) is 4.09. The Morgan fingerprint density at radius 3 is 2.67 bits per heavy atom. The highest BCUT2D eigenvalue weighted by Gasteiger charge is 2.34. The lowest BCUT2D eigenvalue weighted by molar-refractivity contribution is -0.122. The second kappa shape index (κ2) is 12.9. The summed E-state index contributed by atoms with van der Waals surface area (Å²) >= 11 is 2.13. The number of aromatic nitrogens is 2. The SMILES string of the molecule is [C-]#[N+]c1ccc(Cn2cncc2CN2CC(=O)N(c3cc(I)cc(OCCF)c3)C[C@@H]2CCS([11CH3])(=O)=O)cc1. The Balaban J connectivity index is 1.55. The van der Waals surface area contributed by atoms with Gasteiger partial charge in [-0.15, -0.1) is 0 Å². The van der Waals surface area contributed by atoms with Gasteiger partial charge in [0.15, 0.2) is 5.69 Å². The molecule has 0 spiro atoms. The fraction of sp³-hybridized carbons (Fsp3) is 0.370. The summed E-state index contributed by atoms with van der Waals surface area (Å²) < 4.78 is 45.0. The number of benzene rings is 2. The number of piperazine rings is 1. The zero-order chi connectivity index (χ0) is 28.0. The summed E-state index contributed by atoms with van der Waals surface area (Å²) in [4.78, 5) is 24.8. The van der Waals surface area contributed by atoms with E-state index in [1.807, 2.05) is 27.7 Å². The molecular formula is C27H29FIN5O4S. The van der Waals surface area contributed by atoms with Gasteiger partial charge in [-0.25, -0.2) is 22.6 Å². The molecule has 1 aliphatic rings. The summed E-state index contributed by atoms with van der Waals surface area (Å²) in [5, 5.41) is 0. The first-order valence-electron chi connectivity index (χ1n) is 12.3. The van der Waals surface area contributed by atoms with Crippen molar-refractivity contribution >= 4 is 49.7 Å². The van der Waals surface area contributed by atoms with Crippen molar-refractivity contribution in [2.24, 2.45) is 0 Å². The van der Waals surface area contributed by atoms with E-state index in [0.29, 0.717) is 43.2 Å². The monoisotopic (exact) mass is 664 g/mol. The number of halogens is 2. The van der Waals surface area contributed by atoms with E-state index in [4.69, 9.17) is 11.3 Å². The Morgan fingerprint density at radius 2 is 1.97 bits per heavy atom. The van der Waals surface area contributed by atoms with Crippen LogP contribution in [0.1, 0.15) is 17.7 Å². The fourth-order valence-electron chi connectivity index (χ4n) is 4.52. The van der Waals surface area contributed by atoms with Crippen molar-refractivity contribution in [2.75, 3.05) is 43.3 Å². The van der Waals surface area contributed by atoms with Gasteiger partial charge in [-0.3, -0.25) is 9.69 Å². The minimum absolute atomic E-state index is 0.0000459. The fourth-order valence-corrected chi connectivity index (χ4v) is 5.85. The number of hydrogen-bond donors (Lipinski definition) is 0. The van der Waals surface area contributed by atoms with Gasteiger partial charge in [0.2, 0.25) is 5.91 Å². The Hall–Kier alpha value is -3.02. The number of imidazole rings is 1. The molecule has 1 fully saturated rings. The molecule has 0 bridgehead atoms. The van der Waals surface area contributed by atoms with E-state index in [2.05, 4.69) is 32.4 Å². The van der Waals surface area contributed by atoms with E-state index < -0.39 is 16.5 Å². The van der Waals surface area contributed by atoms with Gasteiger partial charge in [-0.05, 0) is 46.7 Å². The summed E-state index contributed by atoms with van der Waals surface area (Å²) in [7, 11) is -3.21. The van der Waals surface area contributed by atoms with Crippen molar-refractivity contribution < 1.29 is 22.3 Å². The van der Waals surface area contributed by atoms with E-state index in [1.165, 1.54) is 6.26 Å². The van der Waals surface area contributed by atoms with Crippen LogP contribution < -0.4 is 9.64 Å². The summed E-state index contributed by atoms with van der Waals surface area (Å²) in [6.07, 6.45) is 5.06. The van der Waals surface area contributed by atoms with Gasteiger partial charge in [0.1, 0.15) is 28.9 Å². The number of anilines is 1. The molecule has 0 saturated carbocycles. The van der Waals surface area contributed by atoms with Crippen molar-refractivity contribution in [2.45, 2.75) is 25.6 Å². The smallest absolute Gasteiger partial charge is 0.241 e. The number of carbonyl (C=O) groups is 1. The van der Waals surface area contributed by atoms with Crippen LogP contribution in [0.2, 0.25) is 0 Å². The number of carbonyl (C=O) groups excluding carboxylic acids is 1. The van der Waals surface area contributed by atoms with Crippen LogP contribution in [-0.4, -0.2) is 73.2 Å². The molecule has 206 valence electrons. The maximum absolute atomic E-state index is 13.4. The number of sulfone groups is 1. The summed E-state index contributed by atoms with van der Waals surface area (Å²) in [5.41, 5.74) is 3.12. The van der Waals surface area contributed by atoms with Gasteiger partial charge >= 0.3 is 0 Å². The Labute approximate surface area is 241 Å². The Kier molecular flexibility index (Phi) is 9.58.